The summed E-state index contributed by atoms with van der Waals surface area (Å²) in [5, 5.41) is 24.1. The molecule has 4 heterocycles. The molecule has 1 saturated heterocycles. The van der Waals surface area contributed by atoms with E-state index in [-0.39, 0.29) is 26.9 Å². The van der Waals surface area contributed by atoms with Gasteiger partial charge >= 0.3 is 0 Å². The molecule has 2 aromatic heterocycles. The Morgan fingerprint density at radius 2 is 1.96 bits per heavy atom. The molecule has 5 N–H and O–H groups in total. The zero-order valence-electron chi connectivity index (χ0n) is 28.8. The average molecular weight is 686 g/mol. The van der Waals surface area contributed by atoms with Gasteiger partial charge in [0.25, 0.3) is 5.91 Å². The van der Waals surface area contributed by atoms with Crippen LogP contribution in [0.2, 0.25) is 6.55 Å². The van der Waals surface area contributed by atoms with Crippen LogP contribution in [0.15, 0.2) is 54.7 Å². The minimum absolute atomic E-state index is 0.00389. The molecule has 49 heavy (non-hydrogen) atoms. The number of para-hydroxylation sites is 1. The number of nitrogens with zero attached hydrogens (tertiary/aromatic N) is 3. The van der Waals surface area contributed by atoms with Gasteiger partial charge in [-0.05, 0) is 65.3 Å². The monoisotopic (exact) mass is 685 g/mol. The number of nitrogens with one attached hydrogen (secondary N) is 4. The van der Waals surface area contributed by atoms with E-state index >= 15 is 0 Å². The van der Waals surface area contributed by atoms with Gasteiger partial charge in [-0.2, -0.15) is 5.10 Å². The minimum Gasteiger partial charge on any atom is -0.493 e. The summed E-state index contributed by atoms with van der Waals surface area (Å²) in [5.74, 6) is 1.01. The molecule has 0 saturated carbocycles. The summed E-state index contributed by atoms with van der Waals surface area (Å²) in [7, 11) is 1.66. The van der Waals surface area contributed by atoms with Gasteiger partial charge in [-0.3, -0.25) is 19.6 Å². The number of aliphatic hydroxyl groups excluding tert-OH is 1. The Bertz CT molecular complexity index is 1830. The fraction of sp³-hybridized carbons (Fsp3) is 0.472. The van der Waals surface area contributed by atoms with Crippen molar-refractivity contribution in [3.05, 3.63) is 77.4 Å². The number of aromatic nitrogens is 4. The lowest BCUT2D eigenvalue weighted by atomic mass is 9.65. The van der Waals surface area contributed by atoms with Gasteiger partial charge in [0.15, 0.2) is 0 Å². The summed E-state index contributed by atoms with van der Waals surface area (Å²) < 4.78 is 13.5. The van der Waals surface area contributed by atoms with Crippen LogP contribution in [-0.2, 0) is 27.4 Å². The van der Waals surface area contributed by atoms with Crippen molar-refractivity contribution < 1.29 is 24.2 Å². The van der Waals surface area contributed by atoms with Gasteiger partial charge in [-0.1, -0.05) is 50.3 Å². The lowest BCUT2D eigenvalue weighted by molar-refractivity contribution is -0.132. The average Bonchev–Trinajstić information content (AvgIpc) is 3.74. The first-order valence-corrected chi connectivity index (χ1v) is 18.9. The van der Waals surface area contributed by atoms with Gasteiger partial charge in [-0.15, -0.1) is 0 Å². The Morgan fingerprint density at radius 1 is 1.18 bits per heavy atom. The van der Waals surface area contributed by atoms with Crippen LogP contribution in [0.3, 0.4) is 0 Å². The highest BCUT2D eigenvalue weighted by molar-refractivity contribution is 6.47. The van der Waals surface area contributed by atoms with Crippen molar-refractivity contribution in [2.24, 2.45) is 13.0 Å². The van der Waals surface area contributed by atoms with Crippen molar-refractivity contribution in [2.75, 3.05) is 26.4 Å². The molecule has 1 fully saturated rings. The van der Waals surface area contributed by atoms with Gasteiger partial charge < -0.3 is 30.2 Å². The van der Waals surface area contributed by atoms with E-state index in [0.29, 0.717) is 50.7 Å². The third kappa shape index (κ3) is 6.36. The molecule has 2 unspecified atom stereocenters. The second kappa shape index (κ2) is 14.4. The second-order valence-electron chi connectivity index (χ2n) is 13.2. The highest BCUT2D eigenvalue weighted by atomic mass is 28.2. The van der Waals surface area contributed by atoms with E-state index < -0.39 is 29.1 Å². The summed E-state index contributed by atoms with van der Waals surface area (Å²) in [6, 6.07) is 14.6. The number of H-pyrrole nitrogens is 1. The summed E-state index contributed by atoms with van der Waals surface area (Å²) >= 11 is 0. The molecule has 2 aliphatic heterocycles. The van der Waals surface area contributed by atoms with Gasteiger partial charge in [0.2, 0.25) is 5.91 Å². The number of carbonyl (C=O) groups excluding carboxylic acids is 2. The Labute approximate surface area is 288 Å². The first-order valence-electron chi connectivity index (χ1n) is 17.1. The number of hydrogen-bond donors (Lipinski definition) is 5. The summed E-state index contributed by atoms with van der Waals surface area (Å²) in [6.07, 6.45) is 1.75. The standard InChI is InChI=1S/C36H47N7O5Si/c1-6-37-32(44)23(3)39-34(46)35(14-17-47-18-15-35)24-11-12-26-27(19-24)41-31(40-26)30(42-33(45)28-13-16-38-43(28)4)36(21-49-5)22(2)20-48-29-10-8-7-9-25(29)36/h7-13,16,19,21-23,30,32,37,44,49H,6,14-15,17-18,20H2,1-5H3,(H,39,46)(H,40,41)(H,42,45)/b49-21+/t22?,23-,30-,32?,36+/m1/s1. The predicted octanol–water partition coefficient (Wildman–Crippen LogP) is 2.50. The van der Waals surface area contributed by atoms with E-state index in [0.717, 1.165) is 27.9 Å². The molecule has 6 rings (SSSR count). The molecule has 12 nitrogen and oxygen atoms in total. The molecule has 0 spiro atoms. The fourth-order valence-corrected chi connectivity index (χ4v) is 8.74. The molecule has 2 amide bonds. The third-order valence-electron chi connectivity index (χ3n) is 10.3. The number of aromatic amines is 1. The highest BCUT2D eigenvalue weighted by Gasteiger charge is 2.50. The van der Waals surface area contributed by atoms with Crippen LogP contribution >= 0.6 is 0 Å². The molecule has 0 aliphatic carbocycles. The van der Waals surface area contributed by atoms with Crippen molar-refractivity contribution in [1.29, 1.82) is 0 Å². The van der Waals surface area contributed by atoms with Gasteiger partial charge in [0, 0.05) is 43.4 Å². The number of hydrogen-bond acceptors (Lipinski definition) is 8. The predicted molar refractivity (Wildman–Crippen MR) is 190 cm³/mol. The highest BCUT2D eigenvalue weighted by Crippen LogP contribution is 2.48. The molecule has 260 valence electrons. The van der Waals surface area contributed by atoms with Gasteiger partial charge in [0.1, 0.15) is 29.5 Å². The maximum Gasteiger partial charge on any atom is 0.270 e. The van der Waals surface area contributed by atoms with Crippen molar-refractivity contribution >= 4 is 37.7 Å². The lowest BCUT2D eigenvalue weighted by Gasteiger charge is -2.46. The Balaban J connectivity index is 1.46. The number of aryl methyl sites for hydroxylation is 1. The first kappa shape index (κ1) is 34.7. The SMILES string of the molecule is CCNC(O)[C@@H](C)NC(=O)C1(c2ccc3nc([C@@H](NC(=O)c4ccnn4C)[C@]4(/C=[SiH]/C)c5ccccc5OCC4C)[nH]c3c2)CCOCC1. The van der Waals surface area contributed by atoms with Crippen LogP contribution in [0.5, 0.6) is 5.75 Å². The van der Waals surface area contributed by atoms with E-state index in [2.05, 4.69) is 51.2 Å². The summed E-state index contributed by atoms with van der Waals surface area (Å²) in [5.41, 5.74) is 4.66. The number of likely N-dealkylation sites (N-methyl/N-ethyl adjacent to an activating group) is 1. The minimum atomic E-state index is -0.867. The second-order valence-corrected chi connectivity index (χ2v) is 14.2. The fourth-order valence-electron chi connectivity index (χ4n) is 7.49. The van der Waals surface area contributed by atoms with Crippen LogP contribution in [0, 0.1) is 5.92 Å². The van der Waals surface area contributed by atoms with Crippen molar-refractivity contribution in [3.63, 3.8) is 0 Å². The van der Waals surface area contributed by atoms with Gasteiger partial charge in [-0.25, -0.2) is 4.98 Å². The number of carbonyl (C=O) groups is 2. The number of benzene rings is 2. The maximum absolute atomic E-state index is 14.0. The number of imidazole rings is 1. The zero-order valence-corrected chi connectivity index (χ0v) is 30.0. The van der Waals surface area contributed by atoms with Gasteiger partial charge in [0.05, 0.1) is 29.1 Å². The molecule has 4 aromatic rings. The molecule has 2 aromatic carbocycles. The van der Waals surface area contributed by atoms with Crippen LogP contribution in [0.25, 0.3) is 11.0 Å². The van der Waals surface area contributed by atoms with E-state index in [1.54, 1.807) is 30.9 Å². The summed E-state index contributed by atoms with van der Waals surface area (Å²) in [6.45, 7) is 10.0. The molecule has 5 atom stereocenters. The Kier molecular flexibility index (Phi) is 10.2. The largest absolute Gasteiger partial charge is 0.493 e. The van der Waals surface area contributed by atoms with Crippen LogP contribution in [0.4, 0.5) is 0 Å². The molecule has 0 bridgehead atoms. The molecule has 2 aliphatic rings. The van der Waals surface area contributed by atoms with E-state index in [4.69, 9.17) is 14.5 Å². The molecular formula is C36H47N7O5Si. The van der Waals surface area contributed by atoms with Crippen LogP contribution in [0.1, 0.15) is 67.1 Å². The normalized spacial score (nSPS) is 22.2. The van der Waals surface area contributed by atoms with E-state index in [1.165, 1.54) is 0 Å². The van der Waals surface area contributed by atoms with E-state index in [9.17, 15) is 14.7 Å². The molecule has 0 radical (unpaired) electrons. The van der Waals surface area contributed by atoms with Crippen molar-refractivity contribution in [1.82, 2.24) is 35.7 Å². The maximum atomic E-state index is 14.0. The number of fused-ring (bicyclic) bond motifs is 2. The summed E-state index contributed by atoms with van der Waals surface area (Å²) in [4.78, 5) is 36.7. The lowest BCUT2D eigenvalue weighted by Crippen LogP contribution is -2.55. The first-order chi connectivity index (χ1) is 23.6. The zero-order chi connectivity index (χ0) is 34.8. The third-order valence-corrected chi connectivity index (χ3v) is 11.1. The number of rotatable bonds is 11. The van der Waals surface area contributed by atoms with Crippen molar-refractivity contribution in [3.8, 4) is 5.75 Å². The number of aliphatic hydroxyl groups is 1. The molecule has 13 heteroatoms. The number of ether oxygens (including phenoxy) is 2. The topological polar surface area (TPSA) is 155 Å². The van der Waals surface area contributed by atoms with E-state index in [1.807, 2.05) is 43.3 Å². The Morgan fingerprint density at radius 3 is 2.67 bits per heavy atom. The molecular weight excluding hydrogens is 639 g/mol. The van der Waals surface area contributed by atoms with Crippen LogP contribution < -0.4 is 20.7 Å². The smallest absolute Gasteiger partial charge is 0.270 e. The van der Waals surface area contributed by atoms with Crippen LogP contribution in [-0.4, -0.2) is 90.1 Å². The van der Waals surface area contributed by atoms with Crippen molar-refractivity contribution in [2.45, 2.75) is 69.3 Å². The quantitative estimate of drug-likeness (QED) is 0.119. The Hall–Kier alpha value is -4.17. The number of amides is 2.